The molecule has 0 aliphatic rings. The highest BCUT2D eigenvalue weighted by atomic mass is 32.2. The van der Waals surface area contributed by atoms with Gasteiger partial charge in [0.15, 0.2) is 0 Å². The summed E-state index contributed by atoms with van der Waals surface area (Å²) in [6.45, 7) is 9.93. The van der Waals surface area contributed by atoms with Crippen molar-refractivity contribution < 1.29 is 13.2 Å². The molecule has 6 heteroatoms. The minimum absolute atomic E-state index is 0.0472. The first-order valence-corrected chi connectivity index (χ1v) is 12.5. The number of nitrogens with one attached hydrogen (secondary N) is 1. The standard InChI is InChI=1S/C27H32N2O3S/c1-20-11-17-25(18-12-20)33(31,32)29(24-9-7-6-8-10-24)19-26(30)28-21(2)22-13-15-23(16-14-22)27(3,4)5/h6-18,21H,19H2,1-5H3,(H,28,30)/t21-/m1/s1. The number of rotatable bonds is 7. The number of aryl methyl sites for hydroxylation is 1. The van der Waals surface area contributed by atoms with E-state index >= 15 is 0 Å². The van der Waals surface area contributed by atoms with E-state index < -0.39 is 10.0 Å². The second-order valence-corrected chi connectivity index (χ2v) is 11.2. The predicted octanol–water partition coefficient (Wildman–Crippen LogP) is 5.37. The molecule has 0 aliphatic carbocycles. The van der Waals surface area contributed by atoms with Gasteiger partial charge in [0.1, 0.15) is 6.54 Å². The maximum Gasteiger partial charge on any atom is 0.264 e. The van der Waals surface area contributed by atoms with Crippen LogP contribution in [0.25, 0.3) is 0 Å². The average Bonchev–Trinajstić information content (AvgIpc) is 2.77. The first kappa shape index (κ1) is 24.5. The zero-order valence-electron chi connectivity index (χ0n) is 19.9. The van der Waals surface area contributed by atoms with Crippen molar-refractivity contribution in [2.75, 3.05) is 10.8 Å². The van der Waals surface area contributed by atoms with Gasteiger partial charge in [0, 0.05) is 0 Å². The molecular weight excluding hydrogens is 432 g/mol. The summed E-state index contributed by atoms with van der Waals surface area (Å²) in [6, 6.07) is 23.2. The Bertz CT molecular complexity index is 1180. The highest BCUT2D eigenvalue weighted by Gasteiger charge is 2.27. The molecule has 0 heterocycles. The van der Waals surface area contributed by atoms with Gasteiger partial charge in [0.25, 0.3) is 10.0 Å². The van der Waals surface area contributed by atoms with E-state index in [4.69, 9.17) is 0 Å². The van der Waals surface area contributed by atoms with E-state index in [1.54, 1.807) is 48.5 Å². The summed E-state index contributed by atoms with van der Waals surface area (Å²) in [4.78, 5) is 13.1. The first-order valence-electron chi connectivity index (χ1n) is 11.0. The Kier molecular flexibility index (Phi) is 7.28. The molecule has 0 aliphatic heterocycles. The third-order valence-corrected chi connectivity index (χ3v) is 7.38. The van der Waals surface area contributed by atoms with Crippen molar-refractivity contribution in [3.05, 3.63) is 95.6 Å². The molecule has 3 aromatic carbocycles. The Balaban J connectivity index is 1.81. The molecule has 1 amide bonds. The third-order valence-electron chi connectivity index (χ3n) is 5.59. The van der Waals surface area contributed by atoms with Gasteiger partial charge < -0.3 is 5.32 Å². The van der Waals surface area contributed by atoms with Gasteiger partial charge in [-0.05, 0) is 54.7 Å². The highest BCUT2D eigenvalue weighted by Crippen LogP contribution is 2.25. The van der Waals surface area contributed by atoms with Crippen LogP contribution in [0.5, 0.6) is 0 Å². The number of anilines is 1. The highest BCUT2D eigenvalue weighted by molar-refractivity contribution is 7.92. The molecule has 0 saturated heterocycles. The zero-order chi connectivity index (χ0) is 24.2. The molecule has 5 nitrogen and oxygen atoms in total. The van der Waals surface area contributed by atoms with E-state index in [0.29, 0.717) is 5.69 Å². The maximum absolute atomic E-state index is 13.4. The number of para-hydroxylation sites is 1. The molecule has 0 spiro atoms. The summed E-state index contributed by atoms with van der Waals surface area (Å²) in [7, 11) is -3.92. The van der Waals surface area contributed by atoms with Crippen LogP contribution in [0.4, 0.5) is 5.69 Å². The fraction of sp³-hybridized carbons (Fsp3) is 0.296. The van der Waals surface area contributed by atoms with Crippen molar-refractivity contribution in [3.63, 3.8) is 0 Å². The molecule has 3 rings (SSSR count). The minimum atomic E-state index is -3.92. The second-order valence-electron chi connectivity index (χ2n) is 9.32. The molecule has 174 valence electrons. The van der Waals surface area contributed by atoms with Crippen molar-refractivity contribution in [1.29, 1.82) is 0 Å². The van der Waals surface area contributed by atoms with Crippen LogP contribution in [0.3, 0.4) is 0 Å². The molecule has 0 radical (unpaired) electrons. The fourth-order valence-corrected chi connectivity index (χ4v) is 4.94. The Hall–Kier alpha value is -3.12. The molecule has 0 fully saturated rings. The van der Waals surface area contributed by atoms with Crippen LogP contribution in [-0.2, 0) is 20.2 Å². The van der Waals surface area contributed by atoms with Crippen LogP contribution in [0.2, 0.25) is 0 Å². The second kappa shape index (κ2) is 9.79. The van der Waals surface area contributed by atoms with Gasteiger partial charge in [-0.1, -0.05) is 80.9 Å². The Morgan fingerprint density at radius 2 is 1.48 bits per heavy atom. The molecular formula is C27H32N2O3S. The maximum atomic E-state index is 13.4. The van der Waals surface area contributed by atoms with Crippen LogP contribution in [0, 0.1) is 6.92 Å². The summed E-state index contributed by atoms with van der Waals surface area (Å²) < 4.78 is 28.0. The van der Waals surface area contributed by atoms with Gasteiger partial charge in [0.05, 0.1) is 16.6 Å². The van der Waals surface area contributed by atoms with E-state index in [0.717, 1.165) is 15.4 Å². The van der Waals surface area contributed by atoms with Crippen molar-refractivity contribution in [1.82, 2.24) is 5.32 Å². The smallest absolute Gasteiger partial charge is 0.264 e. The Labute approximate surface area is 197 Å². The Morgan fingerprint density at radius 3 is 2.03 bits per heavy atom. The van der Waals surface area contributed by atoms with Gasteiger partial charge in [0.2, 0.25) is 5.91 Å². The number of amides is 1. The van der Waals surface area contributed by atoms with Crippen LogP contribution in [-0.4, -0.2) is 20.9 Å². The van der Waals surface area contributed by atoms with E-state index in [1.165, 1.54) is 5.56 Å². The van der Waals surface area contributed by atoms with Crippen molar-refractivity contribution in [2.24, 2.45) is 0 Å². The number of sulfonamides is 1. The number of carbonyl (C=O) groups is 1. The molecule has 0 unspecified atom stereocenters. The largest absolute Gasteiger partial charge is 0.348 e. The number of hydrogen-bond acceptors (Lipinski definition) is 3. The van der Waals surface area contributed by atoms with Crippen molar-refractivity contribution in [2.45, 2.75) is 51.0 Å². The first-order chi connectivity index (χ1) is 15.5. The molecule has 33 heavy (non-hydrogen) atoms. The lowest BCUT2D eigenvalue weighted by atomic mass is 9.86. The number of nitrogens with zero attached hydrogens (tertiary/aromatic N) is 1. The third kappa shape index (κ3) is 6.02. The number of hydrogen-bond donors (Lipinski definition) is 1. The quantitative estimate of drug-likeness (QED) is 0.511. The molecule has 0 saturated carbocycles. The predicted molar refractivity (Wildman–Crippen MR) is 134 cm³/mol. The van der Waals surface area contributed by atoms with E-state index in [2.05, 4.69) is 38.2 Å². The molecule has 1 N–H and O–H groups in total. The molecule has 1 atom stereocenters. The van der Waals surface area contributed by atoms with Crippen molar-refractivity contribution >= 4 is 21.6 Å². The topological polar surface area (TPSA) is 66.5 Å². The summed E-state index contributed by atoms with van der Waals surface area (Å²) in [5.41, 5.74) is 3.62. The van der Waals surface area contributed by atoms with Crippen molar-refractivity contribution in [3.8, 4) is 0 Å². The minimum Gasteiger partial charge on any atom is -0.348 e. The van der Waals surface area contributed by atoms with E-state index in [1.807, 2.05) is 32.0 Å². The summed E-state index contributed by atoms with van der Waals surface area (Å²) in [6.07, 6.45) is 0. The summed E-state index contributed by atoms with van der Waals surface area (Å²) in [5, 5.41) is 2.94. The summed E-state index contributed by atoms with van der Waals surface area (Å²) >= 11 is 0. The fourth-order valence-electron chi connectivity index (χ4n) is 3.52. The zero-order valence-corrected chi connectivity index (χ0v) is 20.7. The lowest BCUT2D eigenvalue weighted by Crippen LogP contribution is -2.41. The molecule has 0 bridgehead atoms. The van der Waals surface area contributed by atoms with Crippen LogP contribution < -0.4 is 9.62 Å². The lowest BCUT2D eigenvalue weighted by molar-refractivity contribution is -0.120. The van der Waals surface area contributed by atoms with Crippen LogP contribution in [0.15, 0.2) is 83.8 Å². The van der Waals surface area contributed by atoms with Gasteiger partial charge in [-0.25, -0.2) is 8.42 Å². The van der Waals surface area contributed by atoms with Gasteiger partial charge in [-0.2, -0.15) is 0 Å². The van der Waals surface area contributed by atoms with E-state index in [-0.39, 0.29) is 28.8 Å². The van der Waals surface area contributed by atoms with Gasteiger partial charge in [-0.15, -0.1) is 0 Å². The number of benzene rings is 3. The van der Waals surface area contributed by atoms with Gasteiger partial charge in [-0.3, -0.25) is 9.10 Å². The van der Waals surface area contributed by atoms with Gasteiger partial charge >= 0.3 is 0 Å². The normalized spacial score (nSPS) is 12.8. The van der Waals surface area contributed by atoms with Crippen LogP contribution in [0.1, 0.15) is 50.4 Å². The monoisotopic (exact) mass is 464 g/mol. The van der Waals surface area contributed by atoms with Crippen LogP contribution >= 0.6 is 0 Å². The summed E-state index contributed by atoms with van der Waals surface area (Å²) in [5.74, 6) is -0.373. The number of carbonyl (C=O) groups excluding carboxylic acids is 1. The Morgan fingerprint density at radius 1 is 0.909 bits per heavy atom. The molecule has 0 aromatic heterocycles. The SMILES string of the molecule is Cc1ccc(S(=O)(=O)N(CC(=O)N[C@H](C)c2ccc(C(C)(C)C)cc2)c2ccccc2)cc1. The lowest BCUT2D eigenvalue weighted by Gasteiger charge is -2.25. The molecule has 3 aromatic rings. The van der Waals surface area contributed by atoms with E-state index in [9.17, 15) is 13.2 Å². The average molecular weight is 465 g/mol.